The molecule has 0 saturated heterocycles. The zero-order chi connectivity index (χ0) is 19.9. The molecule has 1 aromatic heterocycles. The standard InChI is InChI=1S/C24H38N2O2/c1-3-5-7-9-11-13-15-23-25-24(26-28-23)21-16-18-22(19-17-21)27-20-14-12-10-8-6-4-2/h16-19H,3-15,20H2,1-2H3. The molecule has 0 aliphatic heterocycles. The summed E-state index contributed by atoms with van der Waals surface area (Å²) in [6, 6.07) is 8.01. The van der Waals surface area contributed by atoms with Gasteiger partial charge in [-0.3, -0.25) is 0 Å². The Morgan fingerprint density at radius 1 is 0.750 bits per heavy atom. The van der Waals surface area contributed by atoms with Gasteiger partial charge in [0.05, 0.1) is 6.61 Å². The fourth-order valence-electron chi connectivity index (χ4n) is 3.30. The van der Waals surface area contributed by atoms with Gasteiger partial charge in [0.25, 0.3) is 0 Å². The van der Waals surface area contributed by atoms with Gasteiger partial charge >= 0.3 is 0 Å². The largest absolute Gasteiger partial charge is 0.494 e. The Kier molecular flexibility index (Phi) is 11.4. The summed E-state index contributed by atoms with van der Waals surface area (Å²) in [6.45, 7) is 5.28. The van der Waals surface area contributed by atoms with Crippen molar-refractivity contribution >= 4 is 0 Å². The normalized spacial score (nSPS) is 11.1. The monoisotopic (exact) mass is 386 g/mol. The van der Waals surface area contributed by atoms with Crippen LogP contribution in [0.2, 0.25) is 0 Å². The second-order valence-electron chi connectivity index (χ2n) is 7.67. The second-order valence-corrected chi connectivity index (χ2v) is 7.67. The number of rotatable bonds is 16. The van der Waals surface area contributed by atoms with Gasteiger partial charge in [-0.15, -0.1) is 0 Å². The molecule has 2 rings (SSSR count). The predicted octanol–water partition coefficient (Wildman–Crippen LogP) is 7.38. The number of hydrogen-bond donors (Lipinski definition) is 0. The molecular weight excluding hydrogens is 348 g/mol. The fraction of sp³-hybridized carbons (Fsp3) is 0.667. The van der Waals surface area contributed by atoms with Gasteiger partial charge in [0.15, 0.2) is 0 Å². The Labute approximate surface area is 171 Å². The first-order valence-corrected chi connectivity index (χ1v) is 11.4. The molecule has 156 valence electrons. The molecule has 0 spiro atoms. The molecular formula is C24H38N2O2. The van der Waals surface area contributed by atoms with Crippen molar-refractivity contribution in [1.82, 2.24) is 10.1 Å². The van der Waals surface area contributed by atoms with Crippen molar-refractivity contribution in [2.75, 3.05) is 6.61 Å². The number of unbranched alkanes of at least 4 members (excludes halogenated alkanes) is 10. The zero-order valence-electron chi connectivity index (χ0n) is 17.9. The summed E-state index contributed by atoms with van der Waals surface area (Å²) in [5, 5.41) is 4.13. The van der Waals surface area contributed by atoms with Crippen molar-refractivity contribution < 1.29 is 9.26 Å². The van der Waals surface area contributed by atoms with Crippen LogP contribution in [-0.4, -0.2) is 16.7 Å². The van der Waals surface area contributed by atoms with E-state index < -0.39 is 0 Å². The lowest BCUT2D eigenvalue weighted by molar-refractivity contribution is 0.304. The molecule has 1 aromatic carbocycles. The van der Waals surface area contributed by atoms with E-state index in [1.807, 2.05) is 24.3 Å². The van der Waals surface area contributed by atoms with E-state index in [4.69, 9.17) is 9.26 Å². The molecule has 0 amide bonds. The van der Waals surface area contributed by atoms with Gasteiger partial charge in [0.2, 0.25) is 11.7 Å². The summed E-state index contributed by atoms with van der Waals surface area (Å²) in [6.07, 6.45) is 16.2. The number of ether oxygens (including phenoxy) is 1. The smallest absolute Gasteiger partial charge is 0.226 e. The van der Waals surface area contributed by atoms with Crippen LogP contribution >= 0.6 is 0 Å². The third kappa shape index (κ3) is 8.90. The Morgan fingerprint density at radius 3 is 2.04 bits per heavy atom. The van der Waals surface area contributed by atoms with Gasteiger partial charge in [-0.25, -0.2) is 0 Å². The van der Waals surface area contributed by atoms with Crippen LogP contribution in [0.3, 0.4) is 0 Å². The summed E-state index contributed by atoms with van der Waals surface area (Å²) in [4.78, 5) is 4.54. The number of nitrogens with zero attached hydrogens (tertiary/aromatic N) is 2. The van der Waals surface area contributed by atoms with E-state index in [1.54, 1.807) is 0 Å². The predicted molar refractivity (Wildman–Crippen MR) is 116 cm³/mol. The zero-order valence-corrected chi connectivity index (χ0v) is 17.9. The van der Waals surface area contributed by atoms with Crippen LogP contribution in [0.5, 0.6) is 5.75 Å². The SMILES string of the molecule is CCCCCCCCOc1ccc(-c2noc(CCCCCCCC)n2)cc1. The number of aromatic nitrogens is 2. The van der Waals surface area contributed by atoms with E-state index in [1.165, 1.54) is 64.2 Å². The first-order valence-electron chi connectivity index (χ1n) is 11.4. The maximum atomic E-state index is 5.84. The highest BCUT2D eigenvalue weighted by atomic mass is 16.5. The molecule has 4 nitrogen and oxygen atoms in total. The maximum absolute atomic E-state index is 5.84. The lowest BCUT2D eigenvalue weighted by atomic mass is 10.1. The van der Waals surface area contributed by atoms with Crippen LogP contribution in [0.4, 0.5) is 0 Å². The molecule has 28 heavy (non-hydrogen) atoms. The summed E-state index contributed by atoms with van der Waals surface area (Å²) < 4.78 is 11.2. The molecule has 1 heterocycles. The Bertz CT molecular complexity index is 622. The minimum Gasteiger partial charge on any atom is -0.494 e. The van der Waals surface area contributed by atoms with E-state index in [9.17, 15) is 0 Å². The molecule has 0 radical (unpaired) electrons. The molecule has 2 aromatic rings. The molecule has 0 atom stereocenters. The van der Waals surface area contributed by atoms with Crippen LogP contribution < -0.4 is 4.74 Å². The van der Waals surface area contributed by atoms with E-state index in [0.29, 0.717) is 5.82 Å². The van der Waals surface area contributed by atoms with Crippen molar-refractivity contribution in [3.63, 3.8) is 0 Å². The summed E-state index contributed by atoms with van der Waals surface area (Å²) >= 11 is 0. The fourth-order valence-corrected chi connectivity index (χ4v) is 3.30. The van der Waals surface area contributed by atoms with Gasteiger partial charge in [-0.1, -0.05) is 83.2 Å². The number of aryl methyl sites for hydroxylation is 1. The second kappa shape index (κ2) is 14.2. The highest BCUT2D eigenvalue weighted by Crippen LogP contribution is 2.21. The van der Waals surface area contributed by atoms with Crippen LogP contribution in [0, 0.1) is 0 Å². The van der Waals surface area contributed by atoms with Gasteiger partial charge in [-0.05, 0) is 37.1 Å². The quantitative estimate of drug-likeness (QED) is 0.282. The maximum Gasteiger partial charge on any atom is 0.226 e. The molecule has 0 aliphatic rings. The summed E-state index contributed by atoms with van der Waals surface area (Å²) in [5.41, 5.74) is 0.977. The Balaban J connectivity index is 1.66. The van der Waals surface area contributed by atoms with E-state index in [-0.39, 0.29) is 0 Å². The Hall–Kier alpha value is -1.84. The average molecular weight is 387 g/mol. The highest BCUT2D eigenvalue weighted by Gasteiger charge is 2.08. The van der Waals surface area contributed by atoms with Crippen molar-refractivity contribution in [2.45, 2.75) is 97.3 Å². The third-order valence-corrected chi connectivity index (χ3v) is 5.09. The van der Waals surface area contributed by atoms with Crippen molar-refractivity contribution in [3.05, 3.63) is 30.2 Å². The van der Waals surface area contributed by atoms with Gasteiger partial charge in [0.1, 0.15) is 5.75 Å². The number of benzene rings is 1. The molecule has 0 bridgehead atoms. The van der Waals surface area contributed by atoms with Crippen LogP contribution in [0.15, 0.2) is 28.8 Å². The first kappa shape index (κ1) is 22.4. The van der Waals surface area contributed by atoms with Gasteiger partial charge in [-0.2, -0.15) is 4.98 Å². The molecule has 4 heteroatoms. The highest BCUT2D eigenvalue weighted by molar-refractivity contribution is 5.55. The molecule has 0 saturated carbocycles. The summed E-state index contributed by atoms with van der Waals surface area (Å²) in [5.74, 6) is 2.32. The molecule has 0 aliphatic carbocycles. The molecule has 0 N–H and O–H groups in total. The van der Waals surface area contributed by atoms with E-state index >= 15 is 0 Å². The van der Waals surface area contributed by atoms with Crippen LogP contribution in [0.1, 0.15) is 96.8 Å². The average Bonchev–Trinajstić information content (AvgIpc) is 3.19. The minimum absolute atomic E-state index is 0.670. The minimum atomic E-state index is 0.670. The number of hydrogen-bond acceptors (Lipinski definition) is 4. The van der Waals surface area contributed by atoms with Gasteiger partial charge in [0, 0.05) is 12.0 Å². The van der Waals surface area contributed by atoms with E-state index in [0.717, 1.165) is 43.1 Å². The third-order valence-electron chi connectivity index (χ3n) is 5.09. The van der Waals surface area contributed by atoms with Crippen LogP contribution in [-0.2, 0) is 6.42 Å². The summed E-state index contributed by atoms with van der Waals surface area (Å²) in [7, 11) is 0. The molecule has 0 unspecified atom stereocenters. The van der Waals surface area contributed by atoms with Crippen molar-refractivity contribution in [2.24, 2.45) is 0 Å². The van der Waals surface area contributed by atoms with Crippen LogP contribution in [0.25, 0.3) is 11.4 Å². The lowest BCUT2D eigenvalue weighted by Gasteiger charge is -2.06. The van der Waals surface area contributed by atoms with Crippen molar-refractivity contribution in [3.8, 4) is 17.1 Å². The Morgan fingerprint density at radius 2 is 1.36 bits per heavy atom. The first-order chi connectivity index (χ1) is 13.8. The topological polar surface area (TPSA) is 48.2 Å². The van der Waals surface area contributed by atoms with E-state index in [2.05, 4.69) is 24.0 Å². The lowest BCUT2D eigenvalue weighted by Crippen LogP contribution is -1.97. The van der Waals surface area contributed by atoms with Crippen molar-refractivity contribution in [1.29, 1.82) is 0 Å². The molecule has 0 fully saturated rings. The van der Waals surface area contributed by atoms with Gasteiger partial charge < -0.3 is 9.26 Å².